The standard InChI is InChI=1S/C14H26O2/c1-3-13(16)14(2,11-15)10-9-12-7-5-4-6-8-12/h9-10,12-13,15-16H,3-8,11H2,1-2H3/b10-9+/t13?,14-/m0/s1. The Hall–Kier alpha value is -0.340. The molecular weight excluding hydrogens is 200 g/mol. The third-order valence-corrected chi connectivity index (χ3v) is 3.89. The second kappa shape index (κ2) is 6.41. The molecule has 2 nitrogen and oxygen atoms in total. The zero-order valence-corrected chi connectivity index (χ0v) is 10.7. The number of rotatable bonds is 5. The van der Waals surface area contributed by atoms with Gasteiger partial charge in [0.1, 0.15) is 0 Å². The predicted molar refractivity (Wildman–Crippen MR) is 67.2 cm³/mol. The van der Waals surface area contributed by atoms with E-state index >= 15 is 0 Å². The van der Waals surface area contributed by atoms with Crippen LogP contribution in [0.4, 0.5) is 0 Å². The Labute approximate surface area is 99.4 Å². The van der Waals surface area contributed by atoms with Crippen LogP contribution in [0.5, 0.6) is 0 Å². The van der Waals surface area contributed by atoms with Gasteiger partial charge in [-0.2, -0.15) is 0 Å². The van der Waals surface area contributed by atoms with Crippen molar-refractivity contribution in [1.82, 2.24) is 0 Å². The van der Waals surface area contributed by atoms with E-state index in [-0.39, 0.29) is 6.61 Å². The summed E-state index contributed by atoms with van der Waals surface area (Å²) in [5.74, 6) is 0.656. The second-order valence-electron chi connectivity index (χ2n) is 5.35. The molecule has 1 saturated carbocycles. The van der Waals surface area contributed by atoms with Crippen molar-refractivity contribution in [2.75, 3.05) is 6.61 Å². The molecule has 1 aliphatic rings. The Morgan fingerprint density at radius 1 is 1.31 bits per heavy atom. The highest BCUT2D eigenvalue weighted by Gasteiger charge is 2.28. The highest BCUT2D eigenvalue weighted by Crippen LogP contribution is 2.29. The molecule has 0 aromatic carbocycles. The highest BCUT2D eigenvalue weighted by atomic mass is 16.3. The van der Waals surface area contributed by atoms with Crippen LogP contribution in [-0.4, -0.2) is 22.9 Å². The normalized spacial score (nSPS) is 24.5. The first-order chi connectivity index (χ1) is 7.62. The van der Waals surface area contributed by atoms with Crippen molar-refractivity contribution in [3.63, 3.8) is 0 Å². The van der Waals surface area contributed by atoms with Crippen molar-refractivity contribution in [2.24, 2.45) is 11.3 Å². The summed E-state index contributed by atoms with van der Waals surface area (Å²) in [6, 6.07) is 0. The van der Waals surface area contributed by atoms with E-state index in [4.69, 9.17) is 0 Å². The van der Waals surface area contributed by atoms with Gasteiger partial charge in [0.05, 0.1) is 12.7 Å². The summed E-state index contributed by atoms with van der Waals surface area (Å²) in [5.41, 5.74) is -0.466. The van der Waals surface area contributed by atoms with E-state index in [1.807, 2.05) is 19.9 Å². The second-order valence-corrected chi connectivity index (χ2v) is 5.35. The lowest BCUT2D eigenvalue weighted by Crippen LogP contribution is -2.33. The fraction of sp³-hybridized carbons (Fsp3) is 0.857. The summed E-state index contributed by atoms with van der Waals surface area (Å²) in [4.78, 5) is 0. The number of hydrogen-bond acceptors (Lipinski definition) is 2. The van der Waals surface area contributed by atoms with Gasteiger partial charge in [-0.15, -0.1) is 0 Å². The summed E-state index contributed by atoms with van der Waals surface area (Å²) in [5, 5.41) is 19.3. The van der Waals surface area contributed by atoms with E-state index in [1.165, 1.54) is 32.1 Å². The molecule has 2 N–H and O–H groups in total. The minimum Gasteiger partial charge on any atom is -0.395 e. The number of aliphatic hydroxyl groups is 2. The van der Waals surface area contributed by atoms with Gasteiger partial charge in [-0.05, 0) is 25.2 Å². The highest BCUT2D eigenvalue weighted by molar-refractivity contribution is 5.03. The van der Waals surface area contributed by atoms with Crippen LogP contribution in [0.25, 0.3) is 0 Å². The molecule has 0 radical (unpaired) electrons. The summed E-state index contributed by atoms with van der Waals surface area (Å²) in [7, 11) is 0. The van der Waals surface area contributed by atoms with Crippen molar-refractivity contribution >= 4 is 0 Å². The number of aliphatic hydroxyl groups excluding tert-OH is 2. The molecule has 0 heterocycles. The van der Waals surface area contributed by atoms with E-state index in [9.17, 15) is 10.2 Å². The van der Waals surface area contributed by atoms with Gasteiger partial charge in [0.25, 0.3) is 0 Å². The topological polar surface area (TPSA) is 40.5 Å². The van der Waals surface area contributed by atoms with Crippen LogP contribution in [0.1, 0.15) is 52.4 Å². The van der Waals surface area contributed by atoms with Crippen LogP contribution in [0.3, 0.4) is 0 Å². The molecule has 0 aromatic rings. The molecular formula is C14H26O2. The molecule has 1 unspecified atom stereocenters. The van der Waals surface area contributed by atoms with Crippen LogP contribution < -0.4 is 0 Å². The quantitative estimate of drug-likeness (QED) is 0.708. The molecule has 0 amide bonds. The fourth-order valence-electron chi connectivity index (χ4n) is 2.42. The summed E-state index contributed by atoms with van der Waals surface area (Å²) < 4.78 is 0. The Morgan fingerprint density at radius 2 is 1.94 bits per heavy atom. The largest absolute Gasteiger partial charge is 0.395 e. The van der Waals surface area contributed by atoms with Crippen molar-refractivity contribution in [1.29, 1.82) is 0 Å². The van der Waals surface area contributed by atoms with Crippen LogP contribution in [-0.2, 0) is 0 Å². The minimum atomic E-state index is -0.466. The third-order valence-electron chi connectivity index (χ3n) is 3.89. The molecule has 2 heteroatoms. The third kappa shape index (κ3) is 3.60. The van der Waals surface area contributed by atoms with E-state index in [0.29, 0.717) is 12.3 Å². The number of hydrogen-bond donors (Lipinski definition) is 2. The summed E-state index contributed by atoms with van der Waals surface area (Å²) in [6.45, 7) is 3.90. The first kappa shape index (κ1) is 13.7. The molecule has 0 saturated heterocycles. The molecule has 1 aliphatic carbocycles. The van der Waals surface area contributed by atoms with E-state index in [0.717, 1.165) is 0 Å². The first-order valence-electron chi connectivity index (χ1n) is 6.60. The summed E-state index contributed by atoms with van der Waals surface area (Å²) in [6.07, 6.45) is 11.0. The Kier molecular flexibility index (Phi) is 5.50. The van der Waals surface area contributed by atoms with E-state index < -0.39 is 11.5 Å². The van der Waals surface area contributed by atoms with Gasteiger partial charge < -0.3 is 10.2 Å². The maximum Gasteiger partial charge on any atom is 0.0647 e. The Balaban J connectivity index is 2.56. The molecule has 1 fully saturated rings. The van der Waals surface area contributed by atoms with Gasteiger partial charge in [-0.1, -0.05) is 45.3 Å². The van der Waals surface area contributed by atoms with Gasteiger partial charge in [0.2, 0.25) is 0 Å². The van der Waals surface area contributed by atoms with Crippen LogP contribution in [0.15, 0.2) is 12.2 Å². The average molecular weight is 226 g/mol. The smallest absolute Gasteiger partial charge is 0.0647 e. The van der Waals surface area contributed by atoms with Crippen LogP contribution >= 0.6 is 0 Å². The van der Waals surface area contributed by atoms with Crippen LogP contribution in [0.2, 0.25) is 0 Å². The lowest BCUT2D eigenvalue weighted by Gasteiger charge is -2.29. The molecule has 1 rings (SSSR count). The zero-order valence-electron chi connectivity index (χ0n) is 10.7. The minimum absolute atomic E-state index is 0.0191. The molecule has 0 aliphatic heterocycles. The van der Waals surface area contributed by atoms with Crippen LogP contribution in [0, 0.1) is 11.3 Å². The Bertz CT molecular complexity index is 219. The SMILES string of the molecule is CCC(O)[C@@](C)(/C=C/C1CCCCC1)CO. The van der Waals surface area contributed by atoms with Crippen molar-refractivity contribution in [3.05, 3.63) is 12.2 Å². The molecule has 2 atom stereocenters. The zero-order chi connectivity index (χ0) is 12.0. The van der Waals surface area contributed by atoms with E-state index in [1.54, 1.807) is 0 Å². The van der Waals surface area contributed by atoms with Crippen molar-refractivity contribution in [2.45, 2.75) is 58.5 Å². The molecule has 16 heavy (non-hydrogen) atoms. The lowest BCUT2D eigenvalue weighted by atomic mass is 9.80. The number of allylic oxidation sites excluding steroid dienone is 1. The van der Waals surface area contributed by atoms with Gasteiger partial charge in [-0.25, -0.2) is 0 Å². The van der Waals surface area contributed by atoms with E-state index in [2.05, 4.69) is 6.08 Å². The van der Waals surface area contributed by atoms with Gasteiger partial charge in [0, 0.05) is 5.41 Å². The molecule has 94 valence electrons. The molecule has 0 aromatic heterocycles. The maximum atomic E-state index is 9.90. The monoisotopic (exact) mass is 226 g/mol. The van der Waals surface area contributed by atoms with Gasteiger partial charge in [0.15, 0.2) is 0 Å². The first-order valence-corrected chi connectivity index (χ1v) is 6.60. The molecule has 0 bridgehead atoms. The van der Waals surface area contributed by atoms with Gasteiger partial charge in [-0.3, -0.25) is 0 Å². The average Bonchev–Trinajstić information content (AvgIpc) is 2.36. The Morgan fingerprint density at radius 3 is 2.44 bits per heavy atom. The van der Waals surface area contributed by atoms with Crippen molar-refractivity contribution in [3.8, 4) is 0 Å². The van der Waals surface area contributed by atoms with Crippen molar-refractivity contribution < 1.29 is 10.2 Å². The summed E-state index contributed by atoms with van der Waals surface area (Å²) >= 11 is 0. The fourth-order valence-corrected chi connectivity index (χ4v) is 2.42. The molecule has 0 spiro atoms. The predicted octanol–water partition coefficient (Wildman–Crippen LogP) is 2.89. The maximum absolute atomic E-state index is 9.90. The lowest BCUT2D eigenvalue weighted by molar-refractivity contribution is 0.0253. The van der Waals surface area contributed by atoms with Gasteiger partial charge >= 0.3 is 0 Å².